The number of aliphatic hydroxyl groups excluding tert-OH is 1. The van der Waals surface area contributed by atoms with Crippen LogP contribution in [-0.2, 0) is 14.8 Å². The van der Waals surface area contributed by atoms with Crippen molar-refractivity contribution < 1.29 is 22.7 Å². The third kappa shape index (κ3) is 4.01. The van der Waals surface area contributed by atoms with Crippen LogP contribution in [0.3, 0.4) is 0 Å². The molecule has 9 heteroatoms. The highest BCUT2D eigenvalue weighted by Crippen LogP contribution is 2.40. The first kappa shape index (κ1) is 20.2. The number of nitrogens with one attached hydrogen (secondary N) is 1. The van der Waals surface area contributed by atoms with Crippen molar-refractivity contribution in [1.29, 1.82) is 0 Å². The summed E-state index contributed by atoms with van der Waals surface area (Å²) in [6.45, 7) is 2.82. The van der Waals surface area contributed by atoms with Gasteiger partial charge in [0, 0.05) is 30.9 Å². The van der Waals surface area contributed by atoms with Crippen LogP contribution in [0.25, 0.3) is 0 Å². The number of aliphatic hydroxyl groups is 1. The van der Waals surface area contributed by atoms with Gasteiger partial charge in [-0.15, -0.1) is 0 Å². The molecule has 2 aliphatic heterocycles. The summed E-state index contributed by atoms with van der Waals surface area (Å²) in [6, 6.07) is 4.51. The molecule has 150 valence electrons. The Balaban J connectivity index is 1.63. The van der Waals surface area contributed by atoms with Gasteiger partial charge in [0.2, 0.25) is 15.9 Å². The Morgan fingerprint density at radius 3 is 2.78 bits per heavy atom. The highest BCUT2D eigenvalue weighted by molar-refractivity contribution is 7.88. The van der Waals surface area contributed by atoms with Crippen LogP contribution >= 0.6 is 0 Å². The molecule has 2 N–H and O–H groups in total. The fraction of sp³-hybridized carbons (Fsp3) is 0.611. The molecule has 1 aromatic rings. The Labute approximate surface area is 159 Å². The first-order chi connectivity index (χ1) is 12.6. The van der Waals surface area contributed by atoms with Crippen LogP contribution in [0.1, 0.15) is 24.8 Å². The van der Waals surface area contributed by atoms with Gasteiger partial charge in [0.15, 0.2) is 0 Å². The second-order valence-electron chi connectivity index (χ2n) is 7.50. The molecular formula is C18H26FN3O4S. The van der Waals surface area contributed by atoms with Gasteiger partial charge >= 0.3 is 0 Å². The summed E-state index contributed by atoms with van der Waals surface area (Å²) in [4.78, 5) is 14.1. The highest BCUT2D eigenvalue weighted by atomic mass is 32.2. The Hall–Kier alpha value is -1.55. The van der Waals surface area contributed by atoms with E-state index in [1.54, 1.807) is 17.9 Å². The third-order valence-electron chi connectivity index (χ3n) is 5.69. The van der Waals surface area contributed by atoms with Gasteiger partial charge in [-0.3, -0.25) is 9.69 Å². The molecule has 27 heavy (non-hydrogen) atoms. The van der Waals surface area contributed by atoms with E-state index in [-0.39, 0.29) is 24.8 Å². The lowest BCUT2D eigenvalue weighted by Crippen LogP contribution is -2.63. The SMILES string of the molecule is Cc1c(F)cccc1NC(=O)CN1CC[C@@]2(CCCN2S(C)(=O)=O)[C@@H](O)C1. The van der Waals surface area contributed by atoms with Gasteiger partial charge in [0.1, 0.15) is 5.82 Å². The Morgan fingerprint density at radius 2 is 2.11 bits per heavy atom. The van der Waals surface area contributed by atoms with Gasteiger partial charge in [-0.25, -0.2) is 12.8 Å². The number of sulfonamides is 1. The number of anilines is 1. The fourth-order valence-corrected chi connectivity index (χ4v) is 5.68. The van der Waals surface area contributed by atoms with E-state index in [1.807, 2.05) is 0 Å². The number of hydrogen-bond acceptors (Lipinski definition) is 5. The van der Waals surface area contributed by atoms with Crippen molar-refractivity contribution >= 4 is 21.6 Å². The summed E-state index contributed by atoms with van der Waals surface area (Å²) < 4.78 is 39.2. The molecule has 0 aromatic heterocycles. The largest absolute Gasteiger partial charge is 0.390 e. The molecule has 0 radical (unpaired) electrons. The van der Waals surface area contributed by atoms with E-state index in [4.69, 9.17) is 0 Å². The zero-order valence-corrected chi connectivity index (χ0v) is 16.4. The number of piperidine rings is 1. The summed E-state index contributed by atoms with van der Waals surface area (Å²) in [5.74, 6) is -0.677. The van der Waals surface area contributed by atoms with Crippen LogP contribution in [0.15, 0.2) is 18.2 Å². The maximum Gasteiger partial charge on any atom is 0.238 e. The van der Waals surface area contributed by atoms with Crippen molar-refractivity contribution in [3.8, 4) is 0 Å². The zero-order valence-electron chi connectivity index (χ0n) is 15.6. The summed E-state index contributed by atoms with van der Waals surface area (Å²) in [7, 11) is -3.39. The number of nitrogens with zero attached hydrogens (tertiary/aromatic N) is 2. The average molecular weight is 399 g/mol. The topological polar surface area (TPSA) is 90.0 Å². The quantitative estimate of drug-likeness (QED) is 0.786. The maximum atomic E-state index is 13.6. The molecule has 0 saturated carbocycles. The number of carbonyl (C=O) groups is 1. The number of hydrogen-bond donors (Lipinski definition) is 2. The van der Waals surface area contributed by atoms with Gasteiger partial charge in [-0.1, -0.05) is 6.07 Å². The minimum Gasteiger partial charge on any atom is -0.390 e. The molecule has 0 bridgehead atoms. The van der Waals surface area contributed by atoms with Gasteiger partial charge in [0.05, 0.1) is 24.4 Å². The molecule has 7 nitrogen and oxygen atoms in total. The second-order valence-corrected chi connectivity index (χ2v) is 9.41. The predicted octanol–water partition coefficient (Wildman–Crippen LogP) is 0.933. The average Bonchev–Trinajstić information content (AvgIpc) is 3.01. The number of β-amino-alcohol motifs (C(OH)–C–C–N with tert-alkyl or cyclic N) is 1. The van der Waals surface area contributed by atoms with Crippen molar-refractivity contribution in [3.63, 3.8) is 0 Å². The normalized spacial score (nSPS) is 27.2. The summed E-state index contributed by atoms with van der Waals surface area (Å²) in [6.07, 6.45) is 2.15. The Bertz CT molecular complexity index is 832. The molecule has 0 unspecified atom stereocenters. The lowest BCUT2D eigenvalue weighted by atomic mass is 9.83. The molecule has 1 spiro atoms. The molecule has 2 aliphatic rings. The number of halogens is 1. The molecule has 2 fully saturated rings. The number of benzene rings is 1. The molecule has 2 atom stereocenters. The van der Waals surface area contributed by atoms with Crippen molar-refractivity contribution in [3.05, 3.63) is 29.6 Å². The van der Waals surface area contributed by atoms with Gasteiger partial charge < -0.3 is 10.4 Å². The molecule has 3 rings (SSSR count). The van der Waals surface area contributed by atoms with E-state index in [0.29, 0.717) is 37.2 Å². The van der Waals surface area contributed by atoms with E-state index in [9.17, 15) is 22.7 Å². The lowest BCUT2D eigenvalue weighted by molar-refractivity contribution is -0.119. The van der Waals surface area contributed by atoms with E-state index < -0.39 is 21.7 Å². The fourth-order valence-electron chi connectivity index (χ4n) is 4.26. The summed E-state index contributed by atoms with van der Waals surface area (Å²) in [5, 5.41) is 13.4. The van der Waals surface area contributed by atoms with Gasteiger partial charge in [-0.2, -0.15) is 4.31 Å². The van der Waals surface area contributed by atoms with Crippen LogP contribution in [0, 0.1) is 12.7 Å². The number of likely N-dealkylation sites (tertiary alicyclic amines) is 1. The molecular weight excluding hydrogens is 373 g/mol. The van der Waals surface area contributed by atoms with Crippen LogP contribution in [0.2, 0.25) is 0 Å². The second kappa shape index (κ2) is 7.46. The van der Waals surface area contributed by atoms with E-state index in [0.717, 1.165) is 6.42 Å². The van der Waals surface area contributed by atoms with Gasteiger partial charge in [0.25, 0.3) is 0 Å². The van der Waals surface area contributed by atoms with Crippen LogP contribution in [0.5, 0.6) is 0 Å². The number of amides is 1. The maximum absolute atomic E-state index is 13.6. The molecule has 2 saturated heterocycles. The van der Waals surface area contributed by atoms with Crippen molar-refractivity contribution in [2.75, 3.05) is 37.8 Å². The van der Waals surface area contributed by atoms with E-state index in [2.05, 4.69) is 5.32 Å². The minimum atomic E-state index is -3.39. The Kier molecular flexibility index (Phi) is 5.58. The number of carbonyl (C=O) groups excluding carboxylic acids is 1. The van der Waals surface area contributed by atoms with E-state index >= 15 is 0 Å². The van der Waals surface area contributed by atoms with Crippen LogP contribution in [0.4, 0.5) is 10.1 Å². The van der Waals surface area contributed by atoms with Crippen LogP contribution in [-0.4, -0.2) is 72.7 Å². The van der Waals surface area contributed by atoms with Gasteiger partial charge in [-0.05, 0) is 38.3 Å². The minimum absolute atomic E-state index is 0.0575. The smallest absolute Gasteiger partial charge is 0.238 e. The molecule has 1 aromatic carbocycles. The van der Waals surface area contributed by atoms with Crippen molar-refractivity contribution in [1.82, 2.24) is 9.21 Å². The first-order valence-corrected chi connectivity index (χ1v) is 10.9. The lowest BCUT2D eigenvalue weighted by Gasteiger charge is -2.47. The van der Waals surface area contributed by atoms with E-state index in [1.165, 1.54) is 22.7 Å². The summed E-state index contributed by atoms with van der Waals surface area (Å²) in [5.41, 5.74) is 0.0333. The molecule has 1 amide bonds. The Morgan fingerprint density at radius 1 is 1.37 bits per heavy atom. The standard InChI is InChI=1S/C18H26FN3O4S/c1-13-14(19)5-3-6-15(13)20-17(24)12-21-10-8-18(16(23)11-21)7-4-9-22(18)27(2,25)26/h3,5-6,16,23H,4,7-12H2,1-2H3,(H,20,24)/t16-,18-/m0/s1. The van der Waals surface area contributed by atoms with Crippen molar-refractivity contribution in [2.24, 2.45) is 0 Å². The van der Waals surface area contributed by atoms with Crippen LogP contribution < -0.4 is 5.32 Å². The predicted molar refractivity (Wildman–Crippen MR) is 100 cm³/mol. The monoisotopic (exact) mass is 399 g/mol. The van der Waals surface area contributed by atoms with Crippen molar-refractivity contribution in [2.45, 2.75) is 37.8 Å². The molecule has 2 heterocycles. The highest BCUT2D eigenvalue weighted by Gasteiger charge is 2.52. The summed E-state index contributed by atoms with van der Waals surface area (Å²) >= 11 is 0. The molecule has 0 aliphatic carbocycles. The zero-order chi connectivity index (χ0) is 19.8. The first-order valence-electron chi connectivity index (χ1n) is 9.07. The number of rotatable bonds is 4. The third-order valence-corrected chi connectivity index (χ3v) is 7.04.